The first kappa shape index (κ1) is 28.3. The van der Waals surface area contributed by atoms with E-state index in [1.165, 1.54) is 11.1 Å². The second-order valence-corrected chi connectivity index (χ2v) is 11.1. The number of benzene rings is 3. The molecule has 3 aromatic carbocycles. The van der Waals surface area contributed by atoms with Gasteiger partial charge in [-0.15, -0.1) is 0 Å². The van der Waals surface area contributed by atoms with E-state index < -0.39 is 0 Å². The van der Waals surface area contributed by atoms with E-state index in [0.29, 0.717) is 30.6 Å². The number of likely N-dealkylation sites (tertiary alicyclic amines) is 1. The van der Waals surface area contributed by atoms with Crippen LogP contribution in [0.25, 0.3) is 4.85 Å². The number of hydrogen-bond acceptors (Lipinski definition) is 3. The SMILES string of the molecule is [C-]#[N+]c1ccc(Cn2cncc2CCN(C[C@H]2CCCN(CC(c3ccccc3)c3ccccc3)C2)C(C)=O)cc1. The zero-order valence-electron chi connectivity index (χ0n) is 23.9. The average molecular weight is 546 g/mol. The van der Waals surface area contributed by atoms with Crippen LogP contribution < -0.4 is 0 Å². The van der Waals surface area contributed by atoms with Crippen molar-refractivity contribution in [3.8, 4) is 0 Å². The van der Waals surface area contributed by atoms with E-state index in [1.807, 2.05) is 41.7 Å². The van der Waals surface area contributed by atoms with Crippen LogP contribution in [0.4, 0.5) is 5.69 Å². The molecule has 5 rings (SSSR count). The molecular weight excluding hydrogens is 506 g/mol. The maximum atomic E-state index is 12.7. The van der Waals surface area contributed by atoms with Crippen molar-refractivity contribution in [2.24, 2.45) is 5.92 Å². The van der Waals surface area contributed by atoms with Gasteiger partial charge in [-0.2, -0.15) is 0 Å². The summed E-state index contributed by atoms with van der Waals surface area (Å²) in [5, 5.41) is 0. The van der Waals surface area contributed by atoms with E-state index in [9.17, 15) is 4.79 Å². The molecule has 1 aromatic heterocycles. The summed E-state index contributed by atoms with van der Waals surface area (Å²) in [7, 11) is 0. The Labute approximate surface area is 244 Å². The molecule has 6 heteroatoms. The molecule has 6 nitrogen and oxygen atoms in total. The van der Waals surface area contributed by atoms with Gasteiger partial charge in [-0.1, -0.05) is 84.9 Å². The highest BCUT2D eigenvalue weighted by Crippen LogP contribution is 2.28. The van der Waals surface area contributed by atoms with Gasteiger partial charge in [0, 0.05) is 63.9 Å². The van der Waals surface area contributed by atoms with E-state index in [2.05, 4.69) is 80.0 Å². The smallest absolute Gasteiger partial charge is 0.219 e. The Kier molecular flexibility index (Phi) is 9.61. The minimum atomic E-state index is 0.134. The Bertz CT molecular complexity index is 1390. The molecule has 4 aromatic rings. The Morgan fingerprint density at radius 3 is 2.34 bits per heavy atom. The van der Waals surface area contributed by atoms with Gasteiger partial charge in [0.2, 0.25) is 5.91 Å². The quantitative estimate of drug-likeness (QED) is 0.204. The molecule has 1 saturated heterocycles. The topological polar surface area (TPSA) is 45.7 Å². The Morgan fingerprint density at radius 1 is 1.02 bits per heavy atom. The maximum Gasteiger partial charge on any atom is 0.219 e. The zero-order valence-corrected chi connectivity index (χ0v) is 23.9. The van der Waals surface area contributed by atoms with E-state index in [0.717, 1.165) is 56.7 Å². The number of carbonyl (C=O) groups excluding carboxylic acids is 1. The van der Waals surface area contributed by atoms with E-state index in [1.54, 1.807) is 6.92 Å². The molecule has 0 aliphatic carbocycles. The van der Waals surface area contributed by atoms with Crippen LogP contribution in [0.5, 0.6) is 0 Å². The van der Waals surface area contributed by atoms with Gasteiger partial charge in [0.05, 0.1) is 12.9 Å². The number of amides is 1. The number of hydrogen-bond donors (Lipinski definition) is 0. The van der Waals surface area contributed by atoms with Crippen molar-refractivity contribution in [1.29, 1.82) is 0 Å². The summed E-state index contributed by atoms with van der Waals surface area (Å²) in [5.74, 6) is 0.929. The molecule has 1 amide bonds. The third-order valence-corrected chi connectivity index (χ3v) is 8.23. The van der Waals surface area contributed by atoms with E-state index in [4.69, 9.17) is 6.57 Å². The van der Waals surface area contributed by atoms with Crippen molar-refractivity contribution in [3.63, 3.8) is 0 Å². The number of nitrogens with zero attached hydrogens (tertiary/aromatic N) is 5. The number of aromatic nitrogens is 2. The minimum Gasteiger partial charge on any atom is -0.342 e. The van der Waals surface area contributed by atoms with Gasteiger partial charge in [0.15, 0.2) is 5.69 Å². The van der Waals surface area contributed by atoms with Crippen LogP contribution in [-0.2, 0) is 17.8 Å². The highest BCUT2D eigenvalue weighted by atomic mass is 16.2. The summed E-state index contributed by atoms with van der Waals surface area (Å²) < 4.78 is 2.14. The van der Waals surface area contributed by atoms with Gasteiger partial charge in [-0.3, -0.25) is 4.79 Å². The number of carbonyl (C=O) groups is 1. The normalized spacial score (nSPS) is 15.5. The van der Waals surface area contributed by atoms with Gasteiger partial charge in [-0.25, -0.2) is 9.83 Å². The van der Waals surface area contributed by atoms with Crippen molar-refractivity contribution in [2.45, 2.75) is 38.6 Å². The summed E-state index contributed by atoms with van der Waals surface area (Å²) in [4.78, 5) is 25.2. The fraction of sp³-hybridized carbons (Fsp3) is 0.343. The first-order valence-electron chi connectivity index (χ1n) is 14.6. The van der Waals surface area contributed by atoms with Gasteiger partial charge in [0.1, 0.15) is 0 Å². The molecule has 1 aliphatic rings. The van der Waals surface area contributed by atoms with Crippen molar-refractivity contribution >= 4 is 11.6 Å². The van der Waals surface area contributed by atoms with E-state index >= 15 is 0 Å². The molecule has 1 aliphatic heterocycles. The standard InChI is InChI=1S/C35H39N5O/c1-28(41)39(21-19-34-22-37-27-40(34)24-29-15-17-33(36-2)18-16-29)25-30-10-9-20-38(23-30)26-35(31-11-5-3-6-12-31)32-13-7-4-8-14-32/h3-8,11-18,22,27,30,35H,9-10,19-21,23-26H2,1H3/t30-/m0/s1. The lowest BCUT2D eigenvalue weighted by atomic mass is 9.89. The monoisotopic (exact) mass is 545 g/mol. The van der Waals surface area contributed by atoms with Crippen LogP contribution in [0, 0.1) is 12.5 Å². The van der Waals surface area contributed by atoms with Crippen molar-refractivity contribution < 1.29 is 4.79 Å². The molecule has 0 N–H and O–H groups in total. The summed E-state index contributed by atoms with van der Waals surface area (Å²) in [5.41, 5.74) is 5.60. The highest BCUT2D eigenvalue weighted by Gasteiger charge is 2.26. The molecule has 0 saturated carbocycles. The van der Waals surface area contributed by atoms with Crippen LogP contribution in [0.3, 0.4) is 0 Å². The van der Waals surface area contributed by atoms with Crippen LogP contribution in [0.1, 0.15) is 48.1 Å². The molecule has 210 valence electrons. The van der Waals surface area contributed by atoms with Crippen LogP contribution in [0.15, 0.2) is 97.5 Å². The molecule has 0 radical (unpaired) electrons. The third-order valence-electron chi connectivity index (χ3n) is 8.23. The molecule has 2 heterocycles. The number of piperidine rings is 1. The number of rotatable bonds is 11. The lowest BCUT2D eigenvalue weighted by Crippen LogP contribution is -2.44. The Hall–Kier alpha value is -4.21. The largest absolute Gasteiger partial charge is 0.342 e. The minimum absolute atomic E-state index is 0.134. The highest BCUT2D eigenvalue weighted by molar-refractivity contribution is 5.73. The first-order valence-corrected chi connectivity index (χ1v) is 14.6. The van der Waals surface area contributed by atoms with Crippen molar-refractivity contribution in [2.75, 3.05) is 32.7 Å². The third kappa shape index (κ3) is 7.71. The Balaban J connectivity index is 1.19. The zero-order chi connectivity index (χ0) is 28.4. The summed E-state index contributed by atoms with van der Waals surface area (Å²) >= 11 is 0. The molecule has 0 bridgehead atoms. The summed E-state index contributed by atoms with van der Waals surface area (Å²) in [6.45, 7) is 14.1. The molecule has 1 fully saturated rings. The fourth-order valence-electron chi connectivity index (χ4n) is 6.01. The predicted octanol–water partition coefficient (Wildman–Crippen LogP) is 6.42. The molecule has 0 unspecified atom stereocenters. The second kappa shape index (κ2) is 13.9. The van der Waals surface area contributed by atoms with E-state index in [-0.39, 0.29) is 5.91 Å². The van der Waals surface area contributed by atoms with Gasteiger partial charge in [-0.05, 0) is 42.0 Å². The van der Waals surface area contributed by atoms with Gasteiger partial charge in [0.25, 0.3) is 0 Å². The molecular formula is C35H39N5O. The molecule has 41 heavy (non-hydrogen) atoms. The van der Waals surface area contributed by atoms with Crippen LogP contribution >= 0.6 is 0 Å². The maximum absolute atomic E-state index is 12.7. The first-order chi connectivity index (χ1) is 20.1. The summed E-state index contributed by atoms with van der Waals surface area (Å²) in [6.07, 6.45) is 6.83. The second-order valence-electron chi connectivity index (χ2n) is 11.1. The average Bonchev–Trinajstić information content (AvgIpc) is 3.46. The van der Waals surface area contributed by atoms with Crippen LogP contribution in [0.2, 0.25) is 0 Å². The van der Waals surface area contributed by atoms with Gasteiger partial charge < -0.3 is 14.4 Å². The number of imidazole rings is 1. The van der Waals surface area contributed by atoms with Crippen molar-refractivity contribution in [3.05, 3.63) is 131 Å². The molecule has 1 atom stereocenters. The van der Waals surface area contributed by atoms with Crippen molar-refractivity contribution in [1.82, 2.24) is 19.4 Å². The summed E-state index contributed by atoms with van der Waals surface area (Å²) in [6, 6.07) is 29.3. The lowest BCUT2D eigenvalue weighted by molar-refractivity contribution is -0.129. The fourth-order valence-corrected chi connectivity index (χ4v) is 6.01. The lowest BCUT2D eigenvalue weighted by Gasteiger charge is -2.37. The van der Waals surface area contributed by atoms with Crippen LogP contribution in [-0.4, -0.2) is 58.0 Å². The predicted molar refractivity (Wildman–Crippen MR) is 164 cm³/mol. The Morgan fingerprint density at radius 2 is 1.71 bits per heavy atom. The van der Waals surface area contributed by atoms with Gasteiger partial charge >= 0.3 is 0 Å². The molecule has 0 spiro atoms.